The topological polar surface area (TPSA) is 0 Å². The molecule has 0 aliphatic heterocycles. The SMILES string of the molecule is FC(F)(F)c1ccsc1CBr. The number of hydrogen-bond acceptors (Lipinski definition) is 1. The first-order chi connectivity index (χ1) is 5.05. The molecule has 62 valence electrons. The zero-order chi connectivity index (χ0) is 8.48. The highest BCUT2D eigenvalue weighted by Crippen LogP contribution is 2.35. The fourth-order valence-corrected chi connectivity index (χ4v) is 2.14. The normalized spacial score (nSPS) is 12.0. The van der Waals surface area contributed by atoms with Gasteiger partial charge in [-0.25, -0.2) is 0 Å². The van der Waals surface area contributed by atoms with Crippen molar-refractivity contribution in [2.24, 2.45) is 0 Å². The second kappa shape index (κ2) is 3.15. The van der Waals surface area contributed by atoms with Crippen molar-refractivity contribution in [1.82, 2.24) is 0 Å². The van der Waals surface area contributed by atoms with Gasteiger partial charge in [0.2, 0.25) is 0 Å². The molecule has 0 aliphatic rings. The van der Waals surface area contributed by atoms with Crippen LogP contribution in [0.2, 0.25) is 0 Å². The highest BCUT2D eigenvalue weighted by atomic mass is 79.9. The van der Waals surface area contributed by atoms with E-state index in [1.807, 2.05) is 0 Å². The molecule has 0 amide bonds. The summed E-state index contributed by atoms with van der Waals surface area (Å²) in [6.07, 6.45) is -4.21. The molecule has 0 spiro atoms. The summed E-state index contributed by atoms with van der Waals surface area (Å²) in [5.74, 6) is 0. The third kappa shape index (κ3) is 1.96. The minimum absolute atomic E-state index is 0.263. The molecule has 0 atom stereocenters. The quantitative estimate of drug-likeness (QED) is 0.662. The Morgan fingerprint density at radius 3 is 2.45 bits per heavy atom. The van der Waals surface area contributed by atoms with Crippen molar-refractivity contribution in [2.45, 2.75) is 11.5 Å². The maximum Gasteiger partial charge on any atom is 0.417 e. The largest absolute Gasteiger partial charge is 0.417 e. The third-order valence-electron chi connectivity index (χ3n) is 1.17. The number of rotatable bonds is 1. The van der Waals surface area contributed by atoms with E-state index >= 15 is 0 Å². The fourth-order valence-electron chi connectivity index (χ4n) is 0.697. The first kappa shape index (κ1) is 9.06. The Kier molecular flexibility index (Phi) is 2.59. The maximum absolute atomic E-state index is 12.1. The van der Waals surface area contributed by atoms with Crippen LogP contribution in [0.1, 0.15) is 10.4 Å². The van der Waals surface area contributed by atoms with E-state index in [2.05, 4.69) is 15.9 Å². The molecule has 0 unspecified atom stereocenters. The molecule has 1 heterocycles. The number of thiophene rings is 1. The molecule has 0 N–H and O–H groups in total. The molecule has 0 nitrogen and oxygen atoms in total. The summed E-state index contributed by atoms with van der Waals surface area (Å²) < 4.78 is 36.2. The van der Waals surface area contributed by atoms with E-state index in [0.29, 0.717) is 4.88 Å². The lowest BCUT2D eigenvalue weighted by molar-refractivity contribution is -0.137. The molecule has 1 aromatic heterocycles. The Morgan fingerprint density at radius 2 is 2.09 bits per heavy atom. The minimum Gasteiger partial charge on any atom is -0.166 e. The zero-order valence-electron chi connectivity index (χ0n) is 5.28. The van der Waals surface area contributed by atoms with Gasteiger partial charge in [-0.3, -0.25) is 0 Å². The average molecular weight is 245 g/mol. The summed E-state index contributed by atoms with van der Waals surface area (Å²) in [4.78, 5) is 0.331. The van der Waals surface area contributed by atoms with Gasteiger partial charge in [0.1, 0.15) is 0 Å². The molecule has 0 bridgehead atoms. The van der Waals surface area contributed by atoms with Crippen LogP contribution in [-0.4, -0.2) is 0 Å². The minimum atomic E-state index is -4.21. The molecule has 0 aromatic carbocycles. The van der Waals surface area contributed by atoms with Gasteiger partial charge in [0.05, 0.1) is 5.56 Å². The summed E-state index contributed by atoms with van der Waals surface area (Å²) in [5.41, 5.74) is -0.528. The number of alkyl halides is 4. The van der Waals surface area contributed by atoms with Gasteiger partial charge in [-0.15, -0.1) is 11.3 Å². The van der Waals surface area contributed by atoms with Crippen LogP contribution in [0.5, 0.6) is 0 Å². The van der Waals surface area contributed by atoms with Crippen molar-refractivity contribution >= 4 is 27.3 Å². The van der Waals surface area contributed by atoms with Crippen LogP contribution < -0.4 is 0 Å². The van der Waals surface area contributed by atoms with Gasteiger partial charge in [0.15, 0.2) is 0 Å². The van der Waals surface area contributed by atoms with E-state index < -0.39 is 11.7 Å². The summed E-state index contributed by atoms with van der Waals surface area (Å²) in [7, 11) is 0. The fraction of sp³-hybridized carbons (Fsp3) is 0.333. The van der Waals surface area contributed by atoms with E-state index in [1.54, 1.807) is 0 Å². The van der Waals surface area contributed by atoms with E-state index in [9.17, 15) is 13.2 Å². The van der Waals surface area contributed by atoms with Gasteiger partial charge < -0.3 is 0 Å². The Morgan fingerprint density at radius 1 is 1.45 bits per heavy atom. The maximum atomic E-state index is 12.1. The Hall–Kier alpha value is -0.0300. The van der Waals surface area contributed by atoms with E-state index in [4.69, 9.17) is 0 Å². The van der Waals surface area contributed by atoms with Crippen LogP contribution in [0.3, 0.4) is 0 Å². The van der Waals surface area contributed by atoms with Gasteiger partial charge >= 0.3 is 6.18 Å². The van der Waals surface area contributed by atoms with E-state index in [-0.39, 0.29) is 5.33 Å². The molecule has 0 saturated carbocycles. The Bertz CT molecular complexity index is 240. The molecule has 5 heteroatoms. The monoisotopic (exact) mass is 244 g/mol. The molecular weight excluding hydrogens is 241 g/mol. The van der Waals surface area contributed by atoms with Crippen molar-refractivity contribution in [2.75, 3.05) is 0 Å². The van der Waals surface area contributed by atoms with Crippen molar-refractivity contribution in [1.29, 1.82) is 0 Å². The predicted octanol–water partition coefficient (Wildman–Crippen LogP) is 3.66. The second-order valence-corrected chi connectivity index (χ2v) is 3.45. The van der Waals surface area contributed by atoms with Crippen LogP contribution in [0.15, 0.2) is 11.4 Å². The second-order valence-electron chi connectivity index (χ2n) is 1.89. The van der Waals surface area contributed by atoms with Gasteiger partial charge in [0.25, 0.3) is 0 Å². The summed E-state index contributed by atoms with van der Waals surface area (Å²) in [6, 6.07) is 1.10. The molecule has 1 rings (SSSR count). The summed E-state index contributed by atoms with van der Waals surface area (Å²) in [6.45, 7) is 0. The lowest BCUT2D eigenvalue weighted by Gasteiger charge is -2.04. The molecular formula is C6H4BrF3S. The molecule has 0 radical (unpaired) electrons. The van der Waals surface area contributed by atoms with Gasteiger partial charge in [-0.2, -0.15) is 13.2 Å². The average Bonchev–Trinajstić information content (AvgIpc) is 2.31. The smallest absolute Gasteiger partial charge is 0.166 e. The first-order valence-electron chi connectivity index (χ1n) is 2.75. The predicted molar refractivity (Wildman–Crippen MR) is 42.0 cm³/mol. The van der Waals surface area contributed by atoms with Crippen molar-refractivity contribution < 1.29 is 13.2 Å². The third-order valence-corrected chi connectivity index (χ3v) is 3.03. The van der Waals surface area contributed by atoms with Gasteiger partial charge in [0, 0.05) is 10.2 Å². The van der Waals surface area contributed by atoms with Crippen molar-refractivity contribution in [3.63, 3.8) is 0 Å². The van der Waals surface area contributed by atoms with Gasteiger partial charge in [-0.1, -0.05) is 15.9 Å². The lowest BCUT2D eigenvalue weighted by Crippen LogP contribution is -2.04. The first-order valence-corrected chi connectivity index (χ1v) is 4.75. The lowest BCUT2D eigenvalue weighted by atomic mass is 10.3. The van der Waals surface area contributed by atoms with Gasteiger partial charge in [-0.05, 0) is 11.4 Å². The Balaban J connectivity index is 3.02. The van der Waals surface area contributed by atoms with Crippen LogP contribution in [-0.2, 0) is 11.5 Å². The van der Waals surface area contributed by atoms with Crippen molar-refractivity contribution in [3.05, 3.63) is 21.9 Å². The molecule has 1 aromatic rings. The van der Waals surface area contributed by atoms with Crippen molar-refractivity contribution in [3.8, 4) is 0 Å². The highest BCUT2D eigenvalue weighted by molar-refractivity contribution is 9.08. The summed E-state index contributed by atoms with van der Waals surface area (Å²) in [5, 5.41) is 1.71. The molecule has 0 aliphatic carbocycles. The zero-order valence-corrected chi connectivity index (χ0v) is 7.68. The van der Waals surface area contributed by atoms with Crippen LogP contribution in [0.4, 0.5) is 13.2 Å². The number of hydrogen-bond donors (Lipinski definition) is 0. The van der Waals surface area contributed by atoms with E-state index in [1.165, 1.54) is 5.38 Å². The van der Waals surface area contributed by atoms with Crippen LogP contribution >= 0.6 is 27.3 Å². The highest BCUT2D eigenvalue weighted by Gasteiger charge is 2.33. The number of halogens is 4. The van der Waals surface area contributed by atoms with Crippen LogP contribution in [0.25, 0.3) is 0 Å². The van der Waals surface area contributed by atoms with Crippen LogP contribution in [0, 0.1) is 0 Å². The standard InChI is InChI=1S/C6H4BrF3S/c7-3-5-4(1-2-11-5)6(8,9)10/h1-2H,3H2. The van der Waals surface area contributed by atoms with E-state index in [0.717, 1.165) is 17.4 Å². The molecule has 0 saturated heterocycles. The summed E-state index contributed by atoms with van der Waals surface area (Å²) >= 11 is 4.10. The molecule has 0 fully saturated rings. The Labute approximate surface area is 74.2 Å². The molecule has 11 heavy (non-hydrogen) atoms.